The zero-order chi connectivity index (χ0) is 22.9. The van der Waals surface area contributed by atoms with E-state index in [1.54, 1.807) is 7.11 Å². The molecule has 5 rings (SSSR count). The zero-order valence-corrected chi connectivity index (χ0v) is 25.1. The number of rotatable bonds is 2. The van der Waals surface area contributed by atoms with Crippen LogP contribution >= 0.6 is 11.6 Å². The predicted molar refractivity (Wildman–Crippen MR) is 149 cm³/mol. The maximum Gasteiger partial charge on any atom is 4.00 e. The Morgan fingerprint density at radius 3 is 2.23 bits per heavy atom. The number of hydrogen-bond donors (Lipinski definition) is 0. The molecule has 4 aromatic rings. The van der Waals surface area contributed by atoms with E-state index in [0.717, 1.165) is 22.8 Å². The van der Waals surface area contributed by atoms with Crippen LogP contribution in [0.15, 0.2) is 72.8 Å². The van der Waals surface area contributed by atoms with E-state index < -0.39 is 0 Å². The fraction of sp³-hybridized carbons (Fsp3) is 0.219. The van der Waals surface area contributed by atoms with Gasteiger partial charge in [0.15, 0.2) is 0 Å². The molecule has 0 saturated heterocycles. The molecule has 1 aliphatic rings. The molecule has 0 N–H and O–H groups in total. The molecule has 35 heavy (non-hydrogen) atoms. The van der Waals surface area contributed by atoms with E-state index in [9.17, 15) is 0 Å². The molecule has 0 fully saturated rings. The van der Waals surface area contributed by atoms with Gasteiger partial charge < -0.3 is 19.6 Å². The summed E-state index contributed by atoms with van der Waals surface area (Å²) in [5, 5.41) is 0.774. The second kappa shape index (κ2) is 12.8. The second-order valence-electron chi connectivity index (χ2n) is 9.36. The Kier molecular flexibility index (Phi) is 11.3. The SMILES string of the molecule is COc1c[c-]c(-c2ccccc2)c2c1-c1ccc(Cl)cc1C2.C[c-]1ccc(C(C)(C)C)c1.[CH3-].[CH3-].[Zr+4]. The number of ether oxygens (including phenoxy) is 1. The van der Waals surface area contributed by atoms with Crippen molar-refractivity contribution in [1.82, 2.24) is 0 Å². The fourth-order valence-electron chi connectivity index (χ4n) is 4.24. The first-order valence-electron chi connectivity index (χ1n) is 11.0. The maximum absolute atomic E-state index is 6.16. The average molecular weight is 562 g/mol. The Hall–Kier alpha value is -2.02. The third-order valence-electron chi connectivity index (χ3n) is 5.96. The smallest absolute Gasteiger partial charge is 0.539 e. The minimum atomic E-state index is 0. The molecule has 0 aromatic heterocycles. The largest absolute Gasteiger partial charge is 4.00 e. The average Bonchev–Trinajstić information content (AvgIpc) is 3.37. The predicted octanol–water partition coefficient (Wildman–Crippen LogP) is 9.30. The summed E-state index contributed by atoms with van der Waals surface area (Å²) in [7, 11) is 1.71. The third kappa shape index (κ3) is 6.81. The molecule has 1 nitrogen and oxygen atoms in total. The van der Waals surface area contributed by atoms with Crippen molar-refractivity contribution in [2.24, 2.45) is 0 Å². The molecule has 0 saturated carbocycles. The van der Waals surface area contributed by atoms with Crippen LogP contribution in [0.2, 0.25) is 5.02 Å². The monoisotopic (exact) mass is 560 g/mol. The first kappa shape index (κ1) is 31.0. The molecule has 0 radical (unpaired) electrons. The van der Waals surface area contributed by atoms with E-state index in [4.69, 9.17) is 16.3 Å². The second-order valence-corrected chi connectivity index (χ2v) is 9.79. The first-order valence-corrected chi connectivity index (χ1v) is 11.4. The van der Waals surface area contributed by atoms with Crippen molar-refractivity contribution in [3.8, 4) is 28.0 Å². The molecular formula is C32H35ClOZr. The minimum Gasteiger partial charge on any atom is -0.539 e. The van der Waals surface area contributed by atoms with Gasteiger partial charge in [-0.3, -0.25) is 0 Å². The van der Waals surface area contributed by atoms with E-state index in [0.29, 0.717) is 5.41 Å². The van der Waals surface area contributed by atoms with Crippen molar-refractivity contribution in [1.29, 1.82) is 0 Å². The summed E-state index contributed by atoms with van der Waals surface area (Å²) >= 11 is 6.16. The Morgan fingerprint density at radius 2 is 1.69 bits per heavy atom. The van der Waals surface area contributed by atoms with Crippen molar-refractivity contribution in [3.05, 3.63) is 121 Å². The molecule has 3 heteroatoms. The van der Waals surface area contributed by atoms with Crippen LogP contribution < -0.4 is 4.74 Å². The molecule has 0 unspecified atom stereocenters. The Bertz CT molecular complexity index is 1230. The van der Waals surface area contributed by atoms with Gasteiger partial charge in [0.25, 0.3) is 0 Å². The Morgan fingerprint density at radius 1 is 1.00 bits per heavy atom. The Balaban J connectivity index is 0.000000407. The van der Waals surface area contributed by atoms with Crippen LogP contribution in [-0.4, -0.2) is 7.11 Å². The first-order chi connectivity index (χ1) is 15.3. The fourth-order valence-corrected chi connectivity index (χ4v) is 4.43. The van der Waals surface area contributed by atoms with Gasteiger partial charge in [-0.15, -0.1) is 23.3 Å². The maximum atomic E-state index is 6.16. The van der Waals surface area contributed by atoms with E-state index in [2.05, 4.69) is 82.3 Å². The number of hydrogen-bond acceptors (Lipinski definition) is 1. The number of methoxy groups -OCH3 is 1. The van der Waals surface area contributed by atoms with Gasteiger partial charge in [0.05, 0.1) is 7.11 Å². The van der Waals surface area contributed by atoms with Gasteiger partial charge in [0.1, 0.15) is 0 Å². The molecule has 0 amide bonds. The standard InChI is InChI=1S/C20H14ClO.C10H15.2CH3.Zr/c1-22-19-10-9-16(13-5-3-2-4-6-13)18-12-14-11-15(21)7-8-17(14)20(18)19;1-8-5-6-9(7-8)10(2,3)4;;;/h2-8,10-11H,12H2,1H3;5-7H,1-4H3;2*1H3;/q4*-1;+4. The third-order valence-corrected chi connectivity index (χ3v) is 6.19. The summed E-state index contributed by atoms with van der Waals surface area (Å²) in [6.07, 6.45) is 0.864. The van der Waals surface area contributed by atoms with Gasteiger partial charge in [0.2, 0.25) is 0 Å². The molecule has 1 aliphatic carbocycles. The summed E-state index contributed by atoms with van der Waals surface area (Å²) in [6.45, 7) is 8.85. The quantitative estimate of drug-likeness (QED) is 0.195. The normalized spacial score (nSPS) is 10.9. The number of benzene rings is 3. The van der Waals surface area contributed by atoms with E-state index in [1.165, 1.54) is 38.9 Å². The molecule has 0 heterocycles. The summed E-state index contributed by atoms with van der Waals surface area (Å²) in [5.41, 5.74) is 10.3. The minimum absolute atomic E-state index is 0. The molecular weight excluding hydrogens is 527 g/mol. The van der Waals surface area contributed by atoms with E-state index >= 15 is 0 Å². The molecule has 180 valence electrons. The topological polar surface area (TPSA) is 9.23 Å². The van der Waals surface area contributed by atoms with E-state index in [1.807, 2.05) is 24.3 Å². The van der Waals surface area contributed by atoms with Crippen molar-refractivity contribution in [3.63, 3.8) is 0 Å². The van der Waals surface area contributed by atoms with Gasteiger partial charge >= 0.3 is 26.2 Å². The molecule has 4 aromatic carbocycles. The van der Waals surface area contributed by atoms with Gasteiger partial charge in [0, 0.05) is 10.8 Å². The molecule has 0 spiro atoms. The van der Waals surface area contributed by atoms with Crippen molar-refractivity contribution >= 4 is 11.6 Å². The van der Waals surface area contributed by atoms with Crippen LogP contribution in [0.3, 0.4) is 0 Å². The summed E-state index contributed by atoms with van der Waals surface area (Å²) in [5.74, 6) is 0.871. The van der Waals surface area contributed by atoms with Crippen molar-refractivity contribution in [2.75, 3.05) is 7.11 Å². The van der Waals surface area contributed by atoms with Gasteiger partial charge in [-0.05, 0) is 29.7 Å². The van der Waals surface area contributed by atoms with E-state index in [-0.39, 0.29) is 41.1 Å². The number of halogens is 1. The molecule has 0 aliphatic heterocycles. The van der Waals surface area contributed by atoms with Gasteiger partial charge in [-0.2, -0.15) is 23.3 Å². The van der Waals surface area contributed by atoms with Crippen LogP contribution in [0.1, 0.15) is 43.0 Å². The van der Waals surface area contributed by atoms with Crippen LogP contribution in [0, 0.1) is 27.8 Å². The molecule has 0 bridgehead atoms. The molecule has 0 atom stereocenters. The summed E-state index contributed by atoms with van der Waals surface area (Å²) in [4.78, 5) is 0. The van der Waals surface area contributed by atoms with Gasteiger partial charge in [-0.1, -0.05) is 92.2 Å². The number of fused-ring (bicyclic) bond motifs is 3. The zero-order valence-electron chi connectivity index (χ0n) is 21.9. The van der Waals surface area contributed by atoms with Crippen LogP contribution in [0.4, 0.5) is 0 Å². The van der Waals surface area contributed by atoms with Gasteiger partial charge in [-0.25, -0.2) is 6.07 Å². The van der Waals surface area contributed by atoms with Crippen molar-refractivity contribution in [2.45, 2.75) is 39.5 Å². The number of aryl methyl sites for hydroxylation is 1. The Labute approximate surface area is 237 Å². The van der Waals surface area contributed by atoms with Crippen LogP contribution in [0.5, 0.6) is 5.75 Å². The van der Waals surface area contributed by atoms with Crippen LogP contribution in [-0.2, 0) is 38.0 Å². The van der Waals surface area contributed by atoms with Crippen LogP contribution in [0.25, 0.3) is 22.3 Å². The summed E-state index contributed by atoms with van der Waals surface area (Å²) in [6, 6.07) is 28.4. The summed E-state index contributed by atoms with van der Waals surface area (Å²) < 4.78 is 5.57. The van der Waals surface area contributed by atoms with Crippen molar-refractivity contribution < 1.29 is 30.9 Å².